The lowest BCUT2D eigenvalue weighted by molar-refractivity contribution is -0.137. The van der Waals surface area contributed by atoms with Crippen molar-refractivity contribution >= 4 is 22.9 Å². The fourth-order valence-corrected chi connectivity index (χ4v) is 2.91. The molecule has 1 unspecified atom stereocenters. The number of rotatable bonds is 6. The van der Waals surface area contributed by atoms with Crippen LogP contribution < -0.4 is 10.6 Å². The molecule has 154 valence electrons. The van der Waals surface area contributed by atoms with Crippen molar-refractivity contribution in [3.63, 3.8) is 0 Å². The molecule has 0 aliphatic rings. The number of aromatic nitrogens is 4. The lowest BCUT2D eigenvalue weighted by atomic mass is 10.0. The number of hydrogen-bond acceptors (Lipinski definition) is 6. The number of hydrogen-bond donors (Lipinski definition) is 3. The minimum Gasteiger partial charge on any atom is -0.347 e. The number of alkyl halides is 3. The van der Waals surface area contributed by atoms with Crippen LogP contribution in [0.4, 0.5) is 19.1 Å². The van der Waals surface area contributed by atoms with Crippen molar-refractivity contribution in [3.8, 4) is 0 Å². The van der Waals surface area contributed by atoms with Crippen molar-refractivity contribution in [2.45, 2.75) is 12.2 Å². The Morgan fingerprint density at radius 3 is 2.73 bits per heavy atom. The van der Waals surface area contributed by atoms with Gasteiger partial charge in [-0.2, -0.15) is 18.2 Å². The summed E-state index contributed by atoms with van der Waals surface area (Å²) in [7, 11) is 0. The summed E-state index contributed by atoms with van der Waals surface area (Å²) in [6.07, 6.45) is -3.49. The van der Waals surface area contributed by atoms with E-state index in [-0.39, 0.29) is 12.4 Å². The number of anilines is 1. The topological polar surface area (TPSA) is 109 Å². The molecule has 0 aliphatic heterocycles. The predicted molar refractivity (Wildman–Crippen MR) is 101 cm³/mol. The molecule has 11 heteroatoms. The van der Waals surface area contributed by atoms with E-state index in [4.69, 9.17) is 0 Å². The van der Waals surface area contributed by atoms with E-state index in [1.807, 2.05) is 18.2 Å². The molecule has 0 fully saturated rings. The van der Waals surface area contributed by atoms with Crippen molar-refractivity contribution < 1.29 is 22.5 Å². The van der Waals surface area contributed by atoms with Gasteiger partial charge in [0.15, 0.2) is 0 Å². The second kappa shape index (κ2) is 7.85. The number of H-pyrrole nitrogens is 1. The Hall–Kier alpha value is -3.89. The first-order chi connectivity index (χ1) is 14.4. The summed E-state index contributed by atoms with van der Waals surface area (Å²) in [6.45, 7) is -0.0499. The summed E-state index contributed by atoms with van der Waals surface area (Å²) in [5, 5.41) is 9.08. The van der Waals surface area contributed by atoms with Crippen LogP contribution in [-0.2, 0) is 6.18 Å². The highest BCUT2D eigenvalue weighted by molar-refractivity contribution is 5.90. The van der Waals surface area contributed by atoms with Crippen LogP contribution in [0.25, 0.3) is 11.0 Å². The normalized spacial score (nSPS) is 12.6. The maximum atomic E-state index is 13.2. The van der Waals surface area contributed by atoms with Gasteiger partial charge >= 0.3 is 6.18 Å². The zero-order valence-electron chi connectivity index (χ0n) is 15.3. The lowest BCUT2D eigenvalue weighted by Crippen LogP contribution is -2.32. The molecule has 2 aromatic carbocycles. The average Bonchev–Trinajstić information content (AvgIpc) is 3.39. The number of aromatic amines is 1. The van der Waals surface area contributed by atoms with E-state index in [1.54, 1.807) is 6.07 Å². The van der Waals surface area contributed by atoms with Crippen molar-refractivity contribution in [3.05, 3.63) is 71.9 Å². The fraction of sp³-hybridized carbons (Fsp3) is 0.158. The summed E-state index contributed by atoms with van der Waals surface area (Å²) in [5.41, 5.74) is 0.983. The summed E-state index contributed by atoms with van der Waals surface area (Å²) in [5.74, 6) is -0.443. The van der Waals surface area contributed by atoms with Gasteiger partial charge in [-0.3, -0.25) is 4.79 Å². The highest BCUT2D eigenvalue weighted by Gasteiger charge is 2.31. The third-order valence-electron chi connectivity index (χ3n) is 4.35. The van der Waals surface area contributed by atoms with E-state index in [1.165, 1.54) is 12.1 Å². The van der Waals surface area contributed by atoms with Gasteiger partial charge in [-0.15, -0.1) is 0 Å². The van der Waals surface area contributed by atoms with Crippen LogP contribution >= 0.6 is 0 Å². The second-order valence-electron chi connectivity index (χ2n) is 6.39. The Bertz CT molecular complexity index is 1120. The van der Waals surface area contributed by atoms with Crippen LogP contribution in [0.2, 0.25) is 0 Å². The molecular weight excluding hydrogens is 401 g/mol. The van der Waals surface area contributed by atoms with Gasteiger partial charge in [0, 0.05) is 6.54 Å². The highest BCUT2D eigenvalue weighted by Crippen LogP contribution is 2.31. The molecule has 0 saturated heterocycles. The van der Waals surface area contributed by atoms with Crippen molar-refractivity contribution in [2.75, 3.05) is 11.9 Å². The molecule has 0 saturated carbocycles. The minimum absolute atomic E-state index is 0.0499. The van der Waals surface area contributed by atoms with Crippen molar-refractivity contribution in [1.29, 1.82) is 0 Å². The third kappa shape index (κ3) is 4.24. The summed E-state index contributed by atoms with van der Waals surface area (Å²) in [4.78, 5) is 23.2. The van der Waals surface area contributed by atoms with E-state index in [0.717, 1.165) is 24.0 Å². The third-order valence-corrected chi connectivity index (χ3v) is 4.35. The van der Waals surface area contributed by atoms with E-state index < -0.39 is 23.7 Å². The monoisotopic (exact) mass is 416 g/mol. The number of amides is 1. The summed E-state index contributed by atoms with van der Waals surface area (Å²) < 4.78 is 44.0. The van der Waals surface area contributed by atoms with E-state index >= 15 is 0 Å². The first-order valence-electron chi connectivity index (χ1n) is 8.83. The van der Waals surface area contributed by atoms with E-state index in [0.29, 0.717) is 17.0 Å². The number of nitrogens with one attached hydrogen (secondary N) is 3. The molecule has 8 nitrogen and oxygen atoms in total. The quantitative estimate of drug-likeness (QED) is 0.444. The van der Waals surface area contributed by atoms with Gasteiger partial charge in [0.05, 0.1) is 22.6 Å². The van der Waals surface area contributed by atoms with Gasteiger partial charge in [0.1, 0.15) is 0 Å². The molecule has 3 N–H and O–H groups in total. The van der Waals surface area contributed by atoms with Crippen LogP contribution in [0.1, 0.15) is 27.8 Å². The lowest BCUT2D eigenvalue weighted by Gasteiger charge is -2.20. The van der Waals surface area contributed by atoms with Crippen LogP contribution in [0.3, 0.4) is 0 Å². The molecule has 0 bridgehead atoms. The van der Waals surface area contributed by atoms with Gasteiger partial charge in [-0.25, -0.2) is 4.98 Å². The number of imidazole rings is 1. The predicted octanol–water partition coefficient (Wildman–Crippen LogP) is 3.55. The summed E-state index contributed by atoms with van der Waals surface area (Å²) in [6, 6.07) is 11.4. The number of benzene rings is 2. The number of carbonyl (C=O) groups is 1. The summed E-state index contributed by atoms with van der Waals surface area (Å²) >= 11 is 0. The Kier molecular flexibility index (Phi) is 5.09. The van der Waals surface area contributed by atoms with E-state index in [9.17, 15) is 18.0 Å². The zero-order valence-corrected chi connectivity index (χ0v) is 15.3. The SMILES string of the molecule is O=C(NCC(Nc1nc2ccccc2[nH]1)c1cccc(C(F)(F)F)c1)c1ncon1. The van der Waals surface area contributed by atoms with E-state index in [2.05, 4.69) is 35.3 Å². The molecular formula is C19H15F3N6O2. The molecule has 4 aromatic rings. The Labute approximate surface area is 167 Å². The fourth-order valence-electron chi connectivity index (χ4n) is 2.91. The van der Waals surface area contributed by atoms with Crippen LogP contribution in [0.5, 0.6) is 0 Å². The minimum atomic E-state index is -4.49. The molecule has 1 amide bonds. The molecule has 2 heterocycles. The van der Waals surface area contributed by atoms with Gasteiger partial charge in [-0.05, 0) is 29.8 Å². The Balaban J connectivity index is 1.61. The molecule has 2 aromatic heterocycles. The average molecular weight is 416 g/mol. The number of carbonyl (C=O) groups excluding carboxylic acids is 1. The molecule has 0 aliphatic carbocycles. The van der Waals surface area contributed by atoms with Crippen LogP contribution in [0, 0.1) is 0 Å². The molecule has 30 heavy (non-hydrogen) atoms. The number of nitrogens with zero attached hydrogens (tertiary/aromatic N) is 3. The van der Waals surface area contributed by atoms with Gasteiger partial charge < -0.3 is 20.1 Å². The second-order valence-corrected chi connectivity index (χ2v) is 6.39. The van der Waals surface area contributed by atoms with Gasteiger partial charge in [0.2, 0.25) is 12.3 Å². The van der Waals surface area contributed by atoms with Crippen molar-refractivity contribution in [1.82, 2.24) is 25.4 Å². The largest absolute Gasteiger partial charge is 0.416 e. The standard InChI is InChI=1S/C19H15F3N6O2/c20-19(21,22)12-5-3-4-11(8-12)15(9-23-17(29)16-24-10-30-28-16)27-18-25-13-6-1-2-7-14(13)26-18/h1-8,10,15H,9H2,(H,23,29)(H2,25,26,27). The number of fused-ring (bicyclic) bond motifs is 1. The maximum absolute atomic E-state index is 13.2. The Morgan fingerprint density at radius 1 is 1.17 bits per heavy atom. The molecule has 4 rings (SSSR count). The number of halogens is 3. The number of para-hydroxylation sites is 2. The maximum Gasteiger partial charge on any atom is 0.416 e. The smallest absolute Gasteiger partial charge is 0.347 e. The first-order valence-corrected chi connectivity index (χ1v) is 8.83. The Morgan fingerprint density at radius 2 is 2.00 bits per heavy atom. The van der Waals surface area contributed by atoms with Crippen LogP contribution in [0.15, 0.2) is 59.4 Å². The van der Waals surface area contributed by atoms with Crippen molar-refractivity contribution in [2.24, 2.45) is 0 Å². The molecule has 0 radical (unpaired) electrons. The highest BCUT2D eigenvalue weighted by atomic mass is 19.4. The molecule has 0 spiro atoms. The first kappa shape index (κ1) is 19.4. The van der Waals surface area contributed by atoms with Gasteiger partial charge in [0.25, 0.3) is 11.7 Å². The zero-order chi connectivity index (χ0) is 21.1. The molecule has 1 atom stereocenters. The van der Waals surface area contributed by atoms with Crippen LogP contribution in [-0.4, -0.2) is 32.6 Å². The van der Waals surface area contributed by atoms with Gasteiger partial charge in [-0.1, -0.05) is 29.4 Å².